The summed E-state index contributed by atoms with van der Waals surface area (Å²) in [5.41, 5.74) is 3.33. The van der Waals surface area contributed by atoms with Crippen molar-refractivity contribution >= 4 is 51.7 Å². The molecule has 0 saturated heterocycles. The molecule has 0 spiro atoms. The first-order valence-corrected chi connectivity index (χ1v) is 12.2. The van der Waals surface area contributed by atoms with Crippen LogP contribution in [0.15, 0.2) is 89.0 Å². The first kappa shape index (κ1) is 23.3. The largest absolute Gasteiger partial charge is 0.326 e. The number of benzene rings is 3. The van der Waals surface area contributed by atoms with Crippen molar-refractivity contribution in [3.63, 3.8) is 0 Å². The topological polar surface area (TPSA) is 74.1 Å². The van der Waals surface area contributed by atoms with Crippen molar-refractivity contribution in [2.75, 3.05) is 5.32 Å². The highest BCUT2D eigenvalue weighted by Gasteiger charge is 2.39. The molecule has 2 amide bonds. The summed E-state index contributed by atoms with van der Waals surface area (Å²) in [5, 5.41) is 9.75. The summed E-state index contributed by atoms with van der Waals surface area (Å²) in [5.74, 6) is -1.11. The Morgan fingerprint density at radius 1 is 1.06 bits per heavy atom. The average molecular weight is 507 g/mol. The van der Waals surface area contributed by atoms with Crippen LogP contribution >= 0.6 is 23.4 Å². The summed E-state index contributed by atoms with van der Waals surface area (Å²) in [4.78, 5) is 29.4. The molecule has 2 atom stereocenters. The molecule has 0 bridgehead atoms. The number of amides is 2. The maximum atomic E-state index is 13.1. The Kier molecular flexibility index (Phi) is 6.66. The van der Waals surface area contributed by atoms with E-state index in [1.807, 2.05) is 54.6 Å². The molecule has 0 aliphatic carbocycles. The van der Waals surface area contributed by atoms with Crippen LogP contribution in [0, 0.1) is 5.82 Å². The lowest BCUT2D eigenvalue weighted by atomic mass is 9.99. The summed E-state index contributed by atoms with van der Waals surface area (Å²) in [7, 11) is 0. The number of hydrazone groups is 1. The molecular weight excluding hydrogens is 487 g/mol. The Morgan fingerprint density at radius 2 is 1.77 bits per heavy atom. The summed E-state index contributed by atoms with van der Waals surface area (Å²) in [6, 6.07) is 22.7. The number of carbonyl (C=O) groups excluding carboxylic acids is 2. The van der Waals surface area contributed by atoms with Crippen LogP contribution in [0.25, 0.3) is 0 Å². The molecule has 2 heterocycles. The van der Waals surface area contributed by atoms with Crippen molar-refractivity contribution in [1.29, 1.82) is 0 Å². The van der Waals surface area contributed by atoms with Crippen molar-refractivity contribution < 1.29 is 14.0 Å². The fraction of sp³-hybridized carbons (Fsp3) is 0.154. The Bertz CT molecular complexity index is 1310. The van der Waals surface area contributed by atoms with Gasteiger partial charge in [-0.3, -0.25) is 9.59 Å². The third-order valence-corrected chi connectivity index (χ3v) is 7.09. The van der Waals surface area contributed by atoms with Crippen molar-refractivity contribution in [3.05, 3.63) is 101 Å². The molecule has 9 heteroatoms. The number of nitrogens with one attached hydrogen (secondary N) is 1. The maximum absolute atomic E-state index is 13.1. The lowest BCUT2D eigenvalue weighted by Gasteiger charge is -2.23. The third kappa shape index (κ3) is 5.28. The van der Waals surface area contributed by atoms with Gasteiger partial charge in [-0.2, -0.15) is 10.1 Å². The van der Waals surface area contributed by atoms with Crippen LogP contribution in [0.4, 0.5) is 10.1 Å². The molecule has 176 valence electrons. The summed E-state index contributed by atoms with van der Waals surface area (Å²) in [6.07, 6.45) is 0.584. The van der Waals surface area contributed by atoms with Crippen LogP contribution in [0.2, 0.25) is 5.02 Å². The fourth-order valence-electron chi connectivity index (χ4n) is 3.96. The molecule has 35 heavy (non-hydrogen) atoms. The van der Waals surface area contributed by atoms with Gasteiger partial charge in [-0.15, -0.1) is 0 Å². The molecule has 3 aromatic rings. The van der Waals surface area contributed by atoms with Gasteiger partial charge in [-0.1, -0.05) is 65.8 Å². The average Bonchev–Trinajstić information content (AvgIpc) is 3.46. The number of anilines is 1. The molecule has 6 nitrogen and oxygen atoms in total. The van der Waals surface area contributed by atoms with Crippen LogP contribution in [0.3, 0.4) is 0 Å². The lowest BCUT2D eigenvalue weighted by Crippen LogP contribution is -2.25. The Hall–Kier alpha value is -3.49. The SMILES string of the molecule is O=C(C[C@H]1SC(N2N=C(c3ccc(Cl)cc3)C[C@H]2c2ccccc2)=NC1=O)Nc1ccc(F)cc1. The first-order chi connectivity index (χ1) is 17.0. The van der Waals surface area contributed by atoms with Gasteiger partial charge in [0.05, 0.1) is 11.8 Å². The van der Waals surface area contributed by atoms with Crippen LogP contribution in [-0.4, -0.2) is 33.0 Å². The smallest absolute Gasteiger partial charge is 0.262 e. The normalized spacial score (nSPS) is 19.5. The number of hydrogen-bond acceptors (Lipinski definition) is 5. The van der Waals surface area contributed by atoms with Gasteiger partial charge in [0.15, 0.2) is 5.17 Å². The molecule has 2 aliphatic rings. The number of halogens is 2. The second-order valence-electron chi connectivity index (χ2n) is 8.13. The quantitative estimate of drug-likeness (QED) is 0.484. The van der Waals surface area contributed by atoms with E-state index in [4.69, 9.17) is 16.7 Å². The number of amidine groups is 1. The zero-order chi connectivity index (χ0) is 24.4. The van der Waals surface area contributed by atoms with E-state index in [1.165, 1.54) is 36.0 Å². The second kappa shape index (κ2) is 10.0. The fourth-order valence-corrected chi connectivity index (χ4v) is 5.14. The number of nitrogens with zero attached hydrogens (tertiary/aromatic N) is 3. The minimum absolute atomic E-state index is 0.0501. The zero-order valence-electron chi connectivity index (χ0n) is 18.4. The summed E-state index contributed by atoms with van der Waals surface area (Å²) < 4.78 is 13.1. The van der Waals surface area contributed by atoms with Crippen LogP contribution in [0.5, 0.6) is 0 Å². The van der Waals surface area contributed by atoms with Gasteiger partial charge in [-0.25, -0.2) is 9.40 Å². The van der Waals surface area contributed by atoms with Crippen molar-refractivity contribution in [3.8, 4) is 0 Å². The minimum Gasteiger partial charge on any atom is -0.326 e. The van der Waals surface area contributed by atoms with Gasteiger partial charge >= 0.3 is 0 Å². The minimum atomic E-state index is -0.656. The van der Waals surface area contributed by atoms with Crippen molar-refractivity contribution in [1.82, 2.24) is 5.01 Å². The number of thioether (sulfide) groups is 1. The first-order valence-electron chi connectivity index (χ1n) is 11.0. The van der Waals surface area contributed by atoms with E-state index >= 15 is 0 Å². The molecule has 0 aromatic heterocycles. The molecule has 3 aromatic carbocycles. The highest BCUT2D eigenvalue weighted by molar-refractivity contribution is 8.15. The Morgan fingerprint density at radius 3 is 2.49 bits per heavy atom. The van der Waals surface area contributed by atoms with Crippen molar-refractivity contribution in [2.24, 2.45) is 10.1 Å². The molecule has 0 saturated carbocycles. The molecule has 1 N–H and O–H groups in total. The van der Waals surface area contributed by atoms with E-state index < -0.39 is 5.25 Å². The predicted molar refractivity (Wildman–Crippen MR) is 137 cm³/mol. The van der Waals surface area contributed by atoms with Gasteiger partial charge < -0.3 is 5.32 Å². The monoisotopic (exact) mass is 506 g/mol. The van der Waals surface area contributed by atoms with E-state index in [-0.39, 0.29) is 30.1 Å². The van der Waals surface area contributed by atoms with E-state index in [1.54, 1.807) is 5.01 Å². The third-order valence-electron chi connectivity index (χ3n) is 5.70. The second-order valence-corrected chi connectivity index (χ2v) is 9.73. The van der Waals surface area contributed by atoms with Crippen LogP contribution < -0.4 is 5.32 Å². The Labute approximate surface area is 210 Å². The van der Waals surface area contributed by atoms with E-state index in [2.05, 4.69) is 10.3 Å². The van der Waals surface area contributed by atoms with Crippen molar-refractivity contribution in [2.45, 2.75) is 24.1 Å². The Balaban J connectivity index is 1.33. The summed E-state index contributed by atoms with van der Waals surface area (Å²) in [6.45, 7) is 0. The highest BCUT2D eigenvalue weighted by atomic mass is 35.5. The summed E-state index contributed by atoms with van der Waals surface area (Å²) >= 11 is 7.28. The zero-order valence-corrected chi connectivity index (χ0v) is 20.0. The lowest BCUT2D eigenvalue weighted by molar-refractivity contribution is -0.121. The van der Waals surface area contributed by atoms with E-state index in [0.717, 1.165) is 16.8 Å². The molecule has 0 fully saturated rings. The maximum Gasteiger partial charge on any atom is 0.262 e. The van der Waals surface area contributed by atoms with Gasteiger partial charge in [0.25, 0.3) is 5.91 Å². The predicted octanol–water partition coefficient (Wildman–Crippen LogP) is 5.66. The molecule has 2 aliphatic heterocycles. The van der Waals surface area contributed by atoms with Gasteiger partial charge in [0, 0.05) is 23.6 Å². The number of carbonyl (C=O) groups is 2. The van der Waals surface area contributed by atoms with E-state index in [0.29, 0.717) is 22.3 Å². The number of rotatable bonds is 5. The number of hydrogen-bond donors (Lipinski definition) is 1. The highest BCUT2D eigenvalue weighted by Crippen LogP contribution is 2.38. The molecular formula is C26H20ClFN4O2S. The van der Waals surface area contributed by atoms with Gasteiger partial charge in [0.1, 0.15) is 11.1 Å². The number of aliphatic imine (C=N–C) groups is 1. The van der Waals surface area contributed by atoms with Gasteiger partial charge in [0.2, 0.25) is 5.91 Å². The molecule has 0 radical (unpaired) electrons. The molecule has 5 rings (SSSR count). The van der Waals surface area contributed by atoms with E-state index in [9.17, 15) is 14.0 Å². The van der Waals surface area contributed by atoms with Crippen LogP contribution in [0.1, 0.15) is 30.0 Å². The van der Waals surface area contributed by atoms with Crippen LogP contribution in [-0.2, 0) is 9.59 Å². The van der Waals surface area contributed by atoms with Gasteiger partial charge in [-0.05, 0) is 47.5 Å². The standard InChI is InChI=1S/C26H20ClFN4O2S/c27-18-8-6-16(7-9-18)21-14-22(17-4-2-1-3-5-17)32(31-21)26-30-25(34)23(35-26)15-24(33)29-20-12-10-19(28)11-13-20/h1-13,22-23H,14-15H2,(H,29,33)/t22-,23+/m0/s1. The molecule has 0 unspecified atom stereocenters.